The molecule has 11 nitrogen and oxygen atoms in total. The Balaban J connectivity index is 1.14. The van der Waals surface area contributed by atoms with Crippen molar-refractivity contribution in [3.05, 3.63) is 60.4 Å². The van der Waals surface area contributed by atoms with Gasteiger partial charge in [0.1, 0.15) is 17.5 Å². The Morgan fingerprint density at radius 2 is 1.68 bits per heavy atom. The van der Waals surface area contributed by atoms with Gasteiger partial charge in [0.25, 0.3) is 0 Å². The van der Waals surface area contributed by atoms with Crippen LogP contribution in [0.5, 0.6) is 0 Å². The highest BCUT2D eigenvalue weighted by atomic mass is 16.2. The minimum Gasteiger partial charge on any atom is -0.356 e. The molecule has 11 heteroatoms. The number of nitrogens with zero attached hydrogens (tertiary/aromatic N) is 8. The van der Waals surface area contributed by atoms with Gasteiger partial charge in [0.2, 0.25) is 5.95 Å². The lowest BCUT2D eigenvalue weighted by Crippen LogP contribution is -2.52. The van der Waals surface area contributed by atoms with Crippen molar-refractivity contribution < 1.29 is 4.79 Å². The molecule has 0 atom stereocenters. The Bertz CT molecular complexity index is 1470. The zero-order valence-corrected chi connectivity index (χ0v) is 23.8. The molecule has 41 heavy (non-hydrogen) atoms. The van der Waals surface area contributed by atoms with Gasteiger partial charge in [-0.3, -0.25) is 4.68 Å². The van der Waals surface area contributed by atoms with Crippen LogP contribution in [0, 0.1) is 0 Å². The summed E-state index contributed by atoms with van der Waals surface area (Å²) in [5, 5.41) is 12.0. The Morgan fingerprint density at radius 3 is 2.44 bits per heavy atom. The molecule has 2 amide bonds. The van der Waals surface area contributed by atoms with Crippen LogP contribution < -0.4 is 20.4 Å². The topological polar surface area (TPSA) is 107 Å². The predicted octanol–water partition coefficient (Wildman–Crippen LogP) is 4.22. The van der Waals surface area contributed by atoms with E-state index in [1.165, 1.54) is 5.56 Å². The van der Waals surface area contributed by atoms with Crippen molar-refractivity contribution in [2.24, 2.45) is 0 Å². The number of amides is 2. The molecule has 0 bridgehead atoms. The molecule has 0 radical (unpaired) electrons. The number of piperazine rings is 1. The smallest absolute Gasteiger partial charge is 0.317 e. The first-order valence-electron chi connectivity index (χ1n) is 14.6. The molecule has 2 saturated heterocycles. The zero-order valence-electron chi connectivity index (χ0n) is 23.8. The number of hydrogen-bond donors (Lipinski definition) is 2. The third kappa shape index (κ3) is 6.18. The van der Waals surface area contributed by atoms with Gasteiger partial charge in [0, 0.05) is 75.6 Å². The Morgan fingerprint density at radius 1 is 0.902 bits per heavy atom. The van der Waals surface area contributed by atoms with E-state index in [9.17, 15) is 4.79 Å². The van der Waals surface area contributed by atoms with Crippen molar-refractivity contribution in [3.63, 3.8) is 0 Å². The highest BCUT2D eigenvalue weighted by molar-refractivity contribution is 5.81. The lowest BCUT2D eigenvalue weighted by atomic mass is 10.1. The maximum Gasteiger partial charge on any atom is 0.317 e. The molecule has 2 aliphatic heterocycles. The Labute approximate surface area is 240 Å². The molecule has 0 unspecified atom stereocenters. The second-order valence-corrected chi connectivity index (χ2v) is 11.0. The molecule has 2 aliphatic rings. The zero-order chi connectivity index (χ0) is 28.2. The maximum atomic E-state index is 12.8. The predicted molar refractivity (Wildman–Crippen MR) is 162 cm³/mol. The first-order valence-corrected chi connectivity index (χ1v) is 14.6. The number of pyridine rings is 1. The van der Waals surface area contributed by atoms with Gasteiger partial charge in [-0.15, -0.1) is 0 Å². The van der Waals surface area contributed by atoms with E-state index in [-0.39, 0.29) is 12.1 Å². The number of anilines is 4. The summed E-state index contributed by atoms with van der Waals surface area (Å²) in [5.41, 5.74) is 2.25. The summed E-state index contributed by atoms with van der Waals surface area (Å²) in [5.74, 6) is 3.02. The van der Waals surface area contributed by atoms with E-state index in [1.54, 1.807) is 0 Å². The number of hydrogen-bond acceptors (Lipinski definition) is 8. The van der Waals surface area contributed by atoms with Crippen molar-refractivity contribution in [3.8, 4) is 0 Å². The number of carbonyl (C=O) groups excluding carboxylic acids is 1. The van der Waals surface area contributed by atoms with Crippen LogP contribution in [0.4, 0.5) is 28.2 Å². The lowest BCUT2D eigenvalue weighted by Gasteiger charge is -2.35. The quantitative estimate of drug-likeness (QED) is 0.333. The van der Waals surface area contributed by atoms with Crippen molar-refractivity contribution in [1.82, 2.24) is 34.9 Å². The van der Waals surface area contributed by atoms with E-state index in [2.05, 4.69) is 56.5 Å². The van der Waals surface area contributed by atoms with Gasteiger partial charge in [-0.05, 0) is 38.7 Å². The molecule has 6 rings (SSSR count). The molecule has 0 aliphatic carbocycles. The summed E-state index contributed by atoms with van der Waals surface area (Å²) in [4.78, 5) is 33.6. The number of aromatic nitrogens is 5. The minimum absolute atomic E-state index is 0.0169. The summed E-state index contributed by atoms with van der Waals surface area (Å²) in [7, 11) is 0. The summed E-state index contributed by atoms with van der Waals surface area (Å²) in [6.07, 6.45) is 6.84. The van der Waals surface area contributed by atoms with E-state index in [1.807, 2.05) is 52.3 Å². The lowest BCUT2D eigenvalue weighted by molar-refractivity contribution is 0.194. The molecule has 0 spiro atoms. The standard InChI is InChI=1S/C30H38N10O/c1-22(2)40-25-18-26(32-20-24(25)21-33-40)34-27-19-28(37-12-6-7-13-37)36-29(35-27)38-14-16-39(17-15-38)30(41)31-11-10-23-8-4-3-5-9-23/h3-5,8-9,18-22H,6-7,10-17H2,1-2H3,(H,31,41)(H,32,34,35,36). The van der Waals surface area contributed by atoms with Gasteiger partial charge in [-0.25, -0.2) is 9.78 Å². The molecular formula is C30H38N10O. The average molecular weight is 555 g/mol. The number of nitrogens with one attached hydrogen (secondary N) is 2. The van der Waals surface area contributed by atoms with Crippen molar-refractivity contribution in [2.75, 3.05) is 60.9 Å². The first-order chi connectivity index (χ1) is 20.0. The van der Waals surface area contributed by atoms with Crippen LogP contribution in [0.1, 0.15) is 38.3 Å². The summed E-state index contributed by atoms with van der Waals surface area (Å²) in [6.45, 7) is 9.43. The molecule has 2 fully saturated rings. The highest BCUT2D eigenvalue weighted by Gasteiger charge is 2.24. The van der Waals surface area contributed by atoms with Crippen molar-refractivity contribution >= 4 is 40.3 Å². The minimum atomic E-state index is -0.0169. The number of benzene rings is 1. The molecule has 1 aromatic carbocycles. The molecule has 5 heterocycles. The van der Waals surface area contributed by atoms with Gasteiger partial charge in [-0.2, -0.15) is 15.1 Å². The van der Waals surface area contributed by atoms with E-state index in [0.717, 1.165) is 49.1 Å². The normalized spacial score (nSPS) is 15.6. The Kier molecular flexibility index (Phi) is 7.84. The second kappa shape index (κ2) is 12.0. The third-order valence-electron chi connectivity index (χ3n) is 7.74. The van der Waals surface area contributed by atoms with Crippen LogP contribution in [0.25, 0.3) is 10.9 Å². The van der Waals surface area contributed by atoms with E-state index < -0.39 is 0 Å². The molecular weight excluding hydrogens is 516 g/mol. The van der Waals surface area contributed by atoms with Crippen molar-refractivity contribution in [1.29, 1.82) is 0 Å². The molecule has 214 valence electrons. The number of carbonyl (C=O) groups is 1. The van der Waals surface area contributed by atoms with Gasteiger partial charge in [0.05, 0.1) is 11.7 Å². The van der Waals surface area contributed by atoms with Crippen LogP contribution >= 0.6 is 0 Å². The van der Waals surface area contributed by atoms with Gasteiger partial charge in [-0.1, -0.05) is 30.3 Å². The number of rotatable bonds is 8. The van der Waals surface area contributed by atoms with Crippen LogP contribution in [-0.4, -0.2) is 81.5 Å². The largest absolute Gasteiger partial charge is 0.356 e. The second-order valence-electron chi connectivity index (χ2n) is 11.0. The third-order valence-corrected chi connectivity index (χ3v) is 7.74. The van der Waals surface area contributed by atoms with E-state index in [4.69, 9.17) is 9.97 Å². The van der Waals surface area contributed by atoms with Crippen LogP contribution in [0.15, 0.2) is 54.9 Å². The number of urea groups is 1. The maximum absolute atomic E-state index is 12.8. The fraction of sp³-hybridized carbons (Fsp3) is 0.433. The van der Waals surface area contributed by atoms with Crippen LogP contribution in [0.2, 0.25) is 0 Å². The molecule has 4 aromatic rings. The fourth-order valence-corrected chi connectivity index (χ4v) is 5.47. The summed E-state index contributed by atoms with van der Waals surface area (Å²) in [6, 6.07) is 14.5. The van der Waals surface area contributed by atoms with Crippen LogP contribution in [-0.2, 0) is 6.42 Å². The highest BCUT2D eigenvalue weighted by Crippen LogP contribution is 2.27. The number of fused-ring (bicyclic) bond motifs is 1. The van der Waals surface area contributed by atoms with E-state index >= 15 is 0 Å². The molecule has 2 N–H and O–H groups in total. The van der Waals surface area contributed by atoms with Crippen LogP contribution in [0.3, 0.4) is 0 Å². The SMILES string of the molecule is CC(C)n1ncc2cnc(Nc3cc(N4CCCC4)nc(N4CCN(C(=O)NCCc5ccccc5)CC4)n3)cc21. The fourth-order valence-electron chi connectivity index (χ4n) is 5.47. The van der Waals surface area contributed by atoms with E-state index in [0.29, 0.717) is 50.3 Å². The Hall–Kier alpha value is -4.41. The van der Waals surface area contributed by atoms with Gasteiger partial charge < -0.3 is 25.3 Å². The van der Waals surface area contributed by atoms with Crippen molar-refractivity contribution in [2.45, 2.75) is 39.2 Å². The monoisotopic (exact) mass is 554 g/mol. The summed E-state index contributed by atoms with van der Waals surface area (Å²) < 4.78 is 2.00. The first kappa shape index (κ1) is 26.8. The average Bonchev–Trinajstić information content (AvgIpc) is 3.68. The summed E-state index contributed by atoms with van der Waals surface area (Å²) >= 11 is 0. The molecule has 0 saturated carbocycles. The van der Waals surface area contributed by atoms with Gasteiger partial charge in [0.15, 0.2) is 0 Å². The van der Waals surface area contributed by atoms with Gasteiger partial charge >= 0.3 is 6.03 Å². The molecule has 3 aromatic heterocycles.